The third-order valence-corrected chi connectivity index (χ3v) is 6.13. The zero-order valence-electron chi connectivity index (χ0n) is 15.3. The summed E-state index contributed by atoms with van der Waals surface area (Å²) in [5.74, 6) is 0.389. The van der Waals surface area contributed by atoms with Crippen LogP contribution in [0.25, 0.3) is 0 Å². The van der Waals surface area contributed by atoms with Gasteiger partial charge in [0.05, 0.1) is 28.6 Å². The lowest BCUT2D eigenvalue weighted by atomic mass is 9.86. The molecule has 27 heavy (non-hydrogen) atoms. The molecule has 2 aromatic heterocycles. The molecule has 146 valence electrons. The van der Waals surface area contributed by atoms with Crippen LogP contribution in [0.15, 0.2) is 41.6 Å². The second-order valence-electron chi connectivity index (χ2n) is 6.80. The van der Waals surface area contributed by atoms with Gasteiger partial charge in [0.15, 0.2) is 0 Å². The summed E-state index contributed by atoms with van der Waals surface area (Å²) in [4.78, 5) is 8.56. The number of piperidine rings is 1. The van der Waals surface area contributed by atoms with Crippen LogP contribution in [0.4, 0.5) is 0 Å². The van der Waals surface area contributed by atoms with Gasteiger partial charge in [-0.15, -0.1) is 0 Å². The van der Waals surface area contributed by atoms with E-state index in [1.54, 1.807) is 18.2 Å². The number of aromatic nitrogens is 2. The molecule has 1 saturated heterocycles. The van der Waals surface area contributed by atoms with Gasteiger partial charge < -0.3 is 10.1 Å². The summed E-state index contributed by atoms with van der Waals surface area (Å²) in [6.07, 6.45) is 3.98. The molecule has 0 aromatic carbocycles. The van der Waals surface area contributed by atoms with E-state index in [1.165, 1.54) is 18.5 Å². The van der Waals surface area contributed by atoms with Gasteiger partial charge >= 0.3 is 0 Å². The average molecular weight is 411 g/mol. The molecule has 0 atom stereocenters. The first-order valence-corrected chi connectivity index (χ1v) is 10.7. The van der Waals surface area contributed by atoms with Gasteiger partial charge in [-0.1, -0.05) is 11.6 Å². The second kappa shape index (κ2) is 8.10. The van der Waals surface area contributed by atoms with Crippen molar-refractivity contribution in [2.45, 2.75) is 43.2 Å². The van der Waals surface area contributed by atoms with Crippen LogP contribution in [-0.4, -0.2) is 37.6 Å². The van der Waals surface area contributed by atoms with Crippen molar-refractivity contribution < 1.29 is 13.2 Å². The number of nitrogens with zero attached hydrogens (tertiary/aromatic N) is 2. The highest BCUT2D eigenvalue weighted by Crippen LogP contribution is 2.32. The van der Waals surface area contributed by atoms with Crippen LogP contribution in [0.2, 0.25) is 5.02 Å². The van der Waals surface area contributed by atoms with Crippen molar-refractivity contribution in [1.82, 2.24) is 20.0 Å². The minimum Gasteiger partial charge on any atom is -0.475 e. The van der Waals surface area contributed by atoms with Crippen molar-refractivity contribution in [3.8, 4) is 5.88 Å². The molecule has 0 unspecified atom stereocenters. The normalized spacial score (nSPS) is 17.0. The summed E-state index contributed by atoms with van der Waals surface area (Å²) in [5.41, 5.74) is -0.133. The molecule has 7 nitrogen and oxygen atoms in total. The third-order valence-electron chi connectivity index (χ3n) is 4.38. The van der Waals surface area contributed by atoms with Gasteiger partial charge in [-0.25, -0.2) is 13.4 Å². The summed E-state index contributed by atoms with van der Waals surface area (Å²) >= 11 is 5.94. The average Bonchev–Trinajstić information content (AvgIpc) is 2.62. The Hall–Kier alpha value is -1.74. The first kappa shape index (κ1) is 20.0. The van der Waals surface area contributed by atoms with Crippen molar-refractivity contribution in [2.24, 2.45) is 0 Å². The van der Waals surface area contributed by atoms with Crippen LogP contribution in [0, 0.1) is 0 Å². The summed E-state index contributed by atoms with van der Waals surface area (Å²) in [5, 5.41) is 3.76. The van der Waals surface area contributed by atoms with Crippen molar-refractivity contribution in [3.63, 3.8) is 0 Å². The van der Waals surface area contributed by atoms with Gasteiger partial charge in [-0.2, -0.15) is 4.72 Å². The van der Waals surface area contributed by atoms with E-state index in [4.69, 9.17) is 16.3 Å². The molecule has 9 heteroatoms. The number of hydrogen-bond acceptors (Lipinski definition) is 6. The number of pyridine rings is 2. The Morgan fingerprint density at radius 2 is 1.89 bits per heavy atom. The van der Waals surface area contributed by atoms with E-state index < -0.39 is 15.6 Å². The molecule has 2 aromatic rings. The van der Waals surface area contributed by atoms with Crippen LogP contribution in [0.3, 0.4) is 0 Å². The fraction of sp³-hybridized carbons (Fsp3) is 0.444. The quantitative estimate of drug-likeness (QED) is 0.759. The molecule has 3 rings (SSSR count). The van der Waals surface area contributed by atoms with Crippen molar-refractivity contribution in [1.29, 1.82) is 0 Å². The molecule has 2 N–H and O–H groups in total. The van der Waals surface area contributed by atoms with Gasteiger partial charge in [0.25, 0.3) is 0 Å². The maximum absolute atomic E-state index is 13.0. The van der Waals surface area contributed by atoms with E-state index in [0.29, 0.717) is 42.5 Å². The topological polar surface area (TPSA) is 93.2 Å². The Kier molecular flexibility index (Phi) is 6.00. The number of hydrogen-bond donors (Lipinski definition) is 2. The zero-order chi connectivity index (χ0) is 19.5. The fourth-order valence-corrected chi connectivity index (χ4v) is 4.57. The maximum Gasteiger partial charge on any atom is 0.242 e. The summed E-state index contributed by atoms with van der Waals surface area (Å²) in [7, 11) is -3.79. The molecule has 0 spiro atoms. The molecule has 0 amide bonds. The molecule has 3 heterocycles. The first-order chi connectivity index (χ1) is 12.8. The van der Waals surface area contributed by atoms with Crippen LogP contribution in [0.1, 0.15) is 32.4 Å². The predicted octanol–water partition coefficient (Wildman–Crippen LogP) is 2.47. The molecule has 1 aliphatic heterocycles. The van der Waals surface area contributed by atoms with Crippen LogP contribution >= 0.6 is 11.6 Å². The lowest BCUT2D eigenvalue weighted by Crippen LogP contribution is -2.52. The molecule has 0 aliphatic carbocycles. The maximum atomic E-state index is 13.0. The molecular formula is C18H23ClN4O3S. The van der Waals surface area contributed by atoms with Crippen molar-refractivity contribution in [2.75, 3.05) is 13.1 Å². The largest absolute Gasteiger partial charge is 0.475 e. The number of nitrogens with one attached hydrogen (secondary N) is 2. The fourth-order valence-electron chi connectivity index (χ4n) is 3.08. The molecule has 0 bridgehead atoms. The Bertz CT molecular complexity index is 864. The Labute approximate surface area is 164 Å². The highest BCUT2D eigenvalue weighted by Gasteiger charge is 2.39. The highest BCUT2D eigenvalue weighted by molar-refractivity contribution is 7.89. The van der Waals surface area contributed by atoms with Gasteiger partial charge in [0.1, 0.15) is 4.90 Å². The summed E-state index contributed by atoms with van der Waals surface area (Å²) in [6.45, 7) is 5.14. The van der Waals surface area contributed by atoms with E-state index in [9.17, 15) is 8.42 Å². The minimum absolute atomic E-state index is 0.0351. The number of rotatable bonds is 6. The first-order valence-electron chi connectivity index (χ1n) is 8.80. The standard InChI is InChI=1S/C18H23ClN4O3S/c1-13(2)26-17-6-4-15(12-22-17)27(24,25)23-18(7-9-20-10-8-18)16-5-3-14(19)11-21-16/h3-6,11-13,20,23H,7-10H2,1-2H3. The monoisotopic (exact) mass is 410 g/mol. The molecule has 1 aliphatic rings. The number of ether oxygens (including phenoxy) is 1. The van der Waals surface area contributed by atoms with E-state index in [-0.39, 0.29) is 11.0 Å². The predicted molar refractivity (Wildman–Crippen MR) is 103 cm³/mol. The molecule has 0 radical (unpaired) electrons. The summed E-state index contributed by atoms with van der Waals surface area (Å²) < 4.78 is 34.4. The van der Waals surface area contributed by atoms with Crippen molar-refractivity contribution in [3.05, 3.63) is 47.4 Å². The van der Waals surface area contributed by atoms with Crippen LogP contribution in [-0.2, 0) is 15.6 Å². The summed E-state index contributed by atoms with van der Waals surface area (Å²) in [6, 6.07) is 6.55. The van der Waals surface area contributed by atoms with E-state index in [0.717, 1.165) is 0 Å². The van der Waals surface area contributed by atoms with Crippen molar-refractivity contribution >= 4 is 21.6 Å². The number of halogens is 1. The molecular weight excluding hydrogens is 388 g/mol. The van der Waals surface area contributed by atoms with Crippen LogP contribution < -0.4 is 14.8 Å². The van der Waals surface area contributed by atoms with Gasteiger partial charge in [0.2, 0.25) is 15.9 Å². The molecule has 0 saturated carbocycles. The van der Waals surface area contributed by atoms with E-state index >= 15 is 0 Å². The van der Waals surface area contributed by atoms with Gasteiger partial charge in [0, 0.05) is 12.3 Å². The Morgan fingerprint density at radius 3 is 2.44 bits per heavy atom. The van der Waals surface area contributed by atoms with Gasteiger partial charge in [-0.3, -0.25) is 4.98 Å². The smallest absolute Gasteiger partial charge is 0.242 e. The number of sulfonamides is 1. The lowest BCUT2D eigenvalue weighted by molar-refractivity contribution is 0.232. The molecule has 1 fully saturated rings. The Balaban J connectivity index is 1.89. The van der Waals surface area contributed by atoms with Gasteiger partial charge in [-0.05, 0) is 58.0 Å². The lowest BCUT2D eigenvalue weighted by Gasteiger charge is -2.37. The van der Waals surface area contributed by atoms with Crippen LogP contribution in [0.5, 0.6) is 5.88 Å². The zero-order valence-corrected chi connectivity index (χ0v) is 16.8. The van der Waals surface area contributed by atoms with E-state index in [1.807, 2.05) is 13.8 Å². The van der Waals surface area contributed by atoms with E-state index in [2.05, 4.69) is 20.0 Å². The Morgan fingerprint density at radius 1 is 1.15 bits per heavy atom. The SMILES string of the molecule is CC(C)Oc1ccc(S(=O)(=O)NC2(c3ccc(Cl)cn3)CCNCC2)cn1. The minimum atomic E-state index is -3.79. The third kappa shape index (κ3) is 4.76. The highest BCUT2D eigenvalue weighted by atomic mass is 35.5. The second-order valence-corrected chi connectivity index (χ2v) is 8.92.